The molecular weight excluding hydrogens is 168 g/mol. The van der Waals surface area contributed by atoms with Crippen LogP contribution in [-0.2, 0) is 6.61 Å². The molecule has 0 unspecified atom stereocenters. The molecule has 2 heterocycles. The van der Waals surface area contributed by atoms with Gasteiger partial charge in [-0.1, -0.05) is 5.16 Å². The lowest BCUT2D eigenvalue weighted by Crippen LogP contribution is -2.16. The van der Waals surface area contributed by atoms with Gasteiger partial charge in [0.25, 0.3) is 0 Å². The maximum absolute atomic E-state index is 8.82. The summed E-state index contributed by atoms with van der Waals surface area (Å²) in [5, 5.41) is 12.6. The van der Waals surface area contributed by atoms with Crippen molar-refractivity contribution in [2.45, 2.75) is 25.5 Å². The number of hydrogen-bond donors (Lipinski definition) is 1. The average molecular weight is 182 g/mol. The van der Waals surface area contributed by atoms with Gasteiger partial charge in [-0.2, -0.15) is 0 Å². The molecule has 0 saturated carbocycles. The molecule has 4 nitrogen and oxygen atoms in total. The first-order valence-corrected chi connectivity index (χ1v) is 4.58. The van der Waals surface area contributed by atoms with Crippen LogP contribution in [0.2, 0.25) is 0 Å². The smallest absolute Gasteiger partial charge is 0.154 e. The maximum atomic E-state index is 8.82. The third-order valence-electron chi connectivity index (χ3n) is 2.59. The third kappa shape index (κ3) is 1.59. The zero-order valence-electron chi connectivity index (χ0n) is 7.73. The lowest BCUT2D eigenvalue weighted by molar-refractivity contribution is 0.241. The van der Waals surface area contributed by atoms with E-state index in [1.807, 2.05) is 6.07 Å². The molecule has 13 heavy (non-hydrogen) atoms. The Kier molecular flexibility index (Phi) is 2.33. The Labute approximate surface area is 77.1 Å². The van der Waals surface area contributed by atoms with Gasteiger partial charge >= 0.3 is 0 Å². The Morgan fingerprint density at radius 1 is 1.77 bits per heavy atom. The molecular formula is C9H14N2O2. The minimum atomic E-state index is -0.0417. The van der Waals surface area contributed by atoms with Crippen molar-refractivity contribution in [2.24, 2.45) is 0 Å². The second-order valence-corrected chi connectivity index (χ2v) is 3.52. The molecule has 0 radical (unpaired) electrons. The fraction of sp³-hybridized carbons (Fsp3) is 0.667. The topological polar surface area (TPSA) is 49.5 Å². The molecule has 0 amide bonds. The van der Waals surface area contributed by atoms with E-state index in [-0.39, 0.29) is 6.61 Å². The molecule has 4 heteroatoms. The van der Waals surface area contributed by atoms with Crippen molar-refractivity contribution in [3.63, 3.8) is 0 Å². The van der Waals surface area contributed by atoms with Crippen molar-refractivity contribution < 1.29 is 9.63 Å². The predicted molar refractivity (Wildman–Crippen MR) is 47.0 cm³/mol. The fourth-order valence-corrected chi connectivity index (χ4v) is 1.83. The van der Waals surface area contributed by atoms with E-state index >= 15 is 0 Å². The standard InChI is InChI=1S/C9H14N2O2/c1-11-4-2-3-8(11)9-5-7(6-12)10-13-9/h5,8,12H,2-4,6H2,1H3/t8-/m1/s1. The molecule has 0 aromatic carbocycles. The Hall–Kier alpha value is -0.870. The van der Waals surface area contributed by atoms with Crippen molar-refractivity contribution in [2.75, 3.05) is 13.6 Å². The quantitative estimate of drug-likeness (QED) is 0.739. The SMILES string of the molecule is CN1CCC[C@@H]1c1cc(CO)no1. The highest BCUT2D eigenvalue weighted by molar-refractivity contribution is 5.09. The highest BCUT2D eigenvalue weighted by atomic mass is 16.5. The second-order valence-electron chi connectivity index (χ2n) is 3.52. The molecule has 1 aromatic heterocycles. The van der Waals surface area contributed by atoms with E-state index in [0.717, 1.165) is 18.7 Å². The molecule has 72 valence electrons. The van der Waals surface area contributed by atoms with Crippen molar-refractivity contribution in [3.05, 3.63) is 17.5 Å². The van der Waals surface area contributed by atoms with Gasteiger partial charge in [0.15, 0.2) is 5.76 Å². The molecule has 1 atom stereocenters. The van der Waals surface area contributed by atoms with E-state index in [1.54, 1.807) is 0 Å². The number of aliphatic hydroxyl groups excluding tert-OH is 1. The lowest BCUT2D eigenvalue weighted by atomic mass is 10.1. The minimum Gasteiger partial charge on any atom is -0.390 e. The summed E-state index contributed by atoms with van der Waals surface area (Å²) in [5.74, 6) is 0.879. The number of aromatic nitrogens is 1. The number of hydrogen-bond acceptors (Lipinski definition) is 4. The van der Waals surface area contributed by atoms with Crippen LogP contribution in [0.4, 0.5) is 0 Å². The van der Waals surface area contributed by atoms with Crippen molar-refractivity contribution in [1.29, 1.82) is 0 Å². The Balaban J connectivity index is 2.15. The monoisotopic (exact) mass is 182 g/mol. The Morgan fingerprint density at radius 3 is 3.15 bits per heavy atom. The van der Waals surface area contributed by atoms with E-state index < -0.39 is 0 Å². The van der Waals surface area contributed by atoms with Crippen LogP contribution >= 0.6 is 0 Å². The van der Waals surface area contributed by atoms with Crippen LogP contribution in [-0.4, -0.2) is 28.8 Å². The van der Waals surface area contributed by atoms with Crippen LogP contribution < -0.4 is 0 Å². The van der Waals surface area contributed by atoms with E-state index in [4.69, 9.17) is 9.63 Å². The number of rotatable bonds is 2. The summed E-state index contributed by atoms with van der Waals surface area (Å²) in [7, 11) is 2.08. The summed E-state index contributed by atoms with van der Waals surface area (Å²) in [6.45, 7) is 1.07. The van der Waals surface area contributed by atoms with Gasteiger partial charge in [-0.15, -0.1) is 0 Å². The van der Waals surface area contributed by atoms with Crippen LogP contribution in [0.25, 0.3) is 0 Å². The van der Waals surface area contributed by atoms with Crippen molar-refractivity contribution >= 4 is 0 Å². The largest absolute Gasteiger partial charge is 0.390 e. The van der Waals surface area contributed by atoms with Gasteiger partial charge in [0.1, 0.15) is 5.69 Å². The number of aliphatic hydroxyl groups is 1. The molecule has 1 saturated heterocycles. The van der Waals surface area contributed by atoms with Crippen LogP contribution in [0.5, 0.6) is 0 Å². The zero-order valence-corrected chi connectivity index (χ0v) is 7.73. The summed E-state index contributed by atoms with van der Waals surface area (Å²) in [6.07, 6.45) is 2.33. The summed E-state index contributed by atoms with van der Waals surface area (Å²) in [6, 6.07) is 2.19. The first-order valence-electron chi connectivity index (χ1n) is 4.58. The number of nitrogens with zero attached hydrogens (tertiary/aromatic N) is 2. The van der Waals surface area contributed by atoms with Gasteiger partial charge in [-0.3, -0.25) is 4.90 Å². The molecule has 1 fully saturated rings. The highest BCUT2D eigenvalue weighted by Crippen LogP contribution is 2.30. The van der Waals surface area contributed by atoms with Crippen LogP contribution in [0.15, 0.2) is 10.6 Å². The first-order chi connectivity index (χ1) is 6.31. The van der Waals surface area contributed by atoms with Gasteiger partial charge in [0.2, 0.25) is 0 Å². The molecule has 0 spiro atoms. The van der Waals surface area contributed by atoms with Crippen molar-refractivity contribution in [1.82, 2.24) is 10.1 Å². The summed E-state index contributed by atoms with van der Waals surface area (Å²) in [4.78, 5) is 2.25. The average Bonchev–Trinajstić information content (AvgIpc) is 2.71. The summed E-state index contributed by atoms with van der Waals surface area (Å²) >= 11 is 0. The fourth-order valence-electron chi connectivity index (χ4n) is 1.83. The lowest BCUT2D eigenvalue weighted by Gasteiger charge is -2.15. The maximum Gasteiger partial charge on any atom is 0.154 e. The molecule has 1 N–H and O–H groups in total. The van der Waals surface area contributed by atoms with Crippen LogP contribution in [0, 0.1) is 0 Å². The summed E-state index contributed by atoms with van der Waals surface area (Å²) in [5.41, 5.74) is 0.621. The molecule has 2 rings (SSSR count). The zero-order chi connectivity index (χ0) is 9.26. The van der Waals surface area contributed by atoms with E-state index in [0.29, 0.717) is 11.7 Å². The highest BCUT2D eigenvalue weighted by Gasteiger charge is 2.25. The summed E-state index contributed by atoms with van der Waals surface area (Å²) < 4.78 is 5.16. The second kappa shape index (κ2) is 3.47. The van der Waals surface area contributed by atoms with Gasteiger partial charge in [-0.05, 0) is 26.4 Å². The molecule has 1 aromatic rings. The van der Waals surface area contributed by atoms with Crippen LogP contribution in [0.1, 0.15) is 30.3 Å². The predicted octanol–water partition coefficient (Wildman–Crippen LogP) is 0.934. The van der Waals surface area contributed by atoms with E-state index in [2.05, 4.69) is 17.1 Å². The minimum absolute atomic E-state index is 0.0417. The van der Waals surface area contributed by atoms with Crippen LogP contribution in [0.3, 0.4) is 0 Å². The van der Waals surface area contributed by atoms with Gasteiger partial charge in [0, 0.05) is 6.07 Å². The normalized spacial score (nSPS) is 24.0. The molecule has 1 aliphatic rings. The van der Waals surface area contributed by atoms with Gasteiger partial charge < -0.3 is 9.63 Å². The Morgan fingerprint density at radius 2 is 2.62 bits per heavy atom. The Bertz CT molecular complexity index is 285. The van der Waals surface area contributed by atoms with Crippen molar-refractivity contribution in [3.8, 4) is 0 Å². The molecule has 0 bridgehead atoms. The first kappa shape index (κ1) is 8.72. The molecule has 1 aliphatic heterocycles. The van der Waals surface area contributed by atoms with E-state index in [1.165, 1.54) is 6.42 Å². The van der Waals surface area contributed by atoms with Gasteiger partial charge in [0.05, 0.1) is 12.6 Å². The van der Waals surface area contributed by atoms with E-state index in [9.17, 15) is 0 Å². The third-order valence-corrected chi connectivity index (χ3v) is 2.59. The number of likely N-dealkylation sites (tertiary alicyclic amines) is 1. The van der Waals surface area contributed by atoms with Gasteiger partial charge in [-0.25, -0.2) is 0 Å². The molecule has 0 aliphatic carbocycles.